The van der Waals surface area contributed by atoms with Gasteiger partial charge in [-0.25, -0.2) is 9.78 Å². The van der Waals surface area contributed by atoms with Crippen LogP contribution in [-0.4, -0.2) is 34.9 Å². The number of aryl methyl sites for hydroxylation is 3. The SMILES string of the molecule is COC(=O)c1ccc([C@H]2C(=C(O)c3ccc(C)cc3)C(=O)C(=O)N2c2nc3c(C)cc(C)cc3s2)cc1. The van der Waals surface area contributed by atoms with E-state index in [-0.39, 0.29) is 11.3 Å². The fraction of sp³-hybridized carbons (Fsp3) is 0.172. The topological polar surface area (TPSA) is 96.8 Å². The first-order chi connectivity index (χ1) is 17.7. The number of fused-ring (bicyclic) bond motifs is 1. The van der Waals surface area contributed by atoms with Crippen LogP contribution in [-0.2, 0) is 14.3 Å². The van der Waals surface area contributed by atoms with E-state index in [1.807, 2.05) is 45.0 Å². The van der Waals surface area contributed by atoms with Crippen LogP contribution in [0.25, 0.3) is 16.0 Å². The summed E-state index contributed by atoms with van der Waals surface area (Å²) in [5, 5.41) is 11.6. The lowest BCUT2D eigenvalue weighted by Crippen LogP contribution is -2.29. The Morgan fingerprint density at radius 3 is 2.24 bits per heavy atom. The largest absolute Gasteiger partial charge is 0.507 e. The van der Waals surface area contributed by atoms with E-state index in [1.54, 1.807) is 36.4 Å². The fourth-order valence-corrected chi connectivity index (χ4v) is 5.76. The highest BCUT2D eigenvalue weighted by Gasteiger charge is 2.48. The number of benzene rings is 3. The minimum atomic E-state index is -0.935. The predicted molar refractivity (Wildman–Crippen MR) is 143 cm³/mol. The Bertz CT molecular complexity index is 1600. The number of esters is 1. The van der Waals surface area contributed by atoms with Crippen LogP contribution in [0, 0.1) is 20.8 Å². The van der Waals surface area contributed by atoms with E-state index in [0.717, 1.165) is 26.9 Å². The number of nitrogens with zero attached hydrogens (tertiary/aromatic N) is 2. The number of aromatic nitrogens is 1. The van der Waals surface area contributed by atoms with Crippen molar-refractivity contribution in [2.75, 3.05) is 12.0 Å². The lowest BCUT2D eigenvalue weighted by molar-refractivity contribution is -0.132. The molecule has 2 heterocycles. The second kappa shape index (κ2) is 9.29. The average Bonchev–Trinajstić information content (AvgIpc) is 3.42. The van der Waals surface area contributed by atoms with Gasteiger partial charge in [0.05, 0.1) is 34.5 Å². The first-order valence-electron chi connectivity index (χ1n) is 11.6. The molecule has 1 fully saturated rings. The lowest BCUT2D eigenvalue weighted by atomic mass is 9.94. The number of aliphatic hydroxyl groups excluding tert-OH is 1. The average molecular weight is 513 g/mol. The molecule has 1 aromatic heterocycles. The Kier molecular flexibility index (Phi) is 6.13. The smallest absolute Gasteiger partial charge is 0.337 e. The van der Waals surface area contributed by atoms with Crippen molar-refractivity contribution in [3.8, 4) is 0 Å². The van der Waals surface area contributed by atoms with Crippen molar-refractivity contribution in [2.45, 2.75) is 26.8 Å². The van der Waals surface area contributed by atoms with Crippen LogP contribution in [0.2, 0.25) is 0 Å². The van der Waals surface area contributed by atoms with Gasteiger partial charge in [-0.1, -0.05) is 59.4 Å². The van der Waals surface area contributed by atoms with Crippen LogP contribution >= 0.6 is 11.3 Å². The number of amides is 1. The normalized spacial score (nSPS) is 17.0. The van der Waals surface area contributed by atoms with Gasteiger partial charge in [-0.05, 0) is 55.7 Å². The summed E-state index contributed by atoms with van der Waals surface area (Å²) in [4.78, 5) is 44.9. The van der Waals surface area contributed by atoms with Crippen molar-refractivity contribution in [3.05, 3.63) is 99.6 Å². The number of methoxy groups -OCH3 is 1. The number of ether oxygens (including phenoxy) is 1. The van der Waals surface area contributed by atoms with Gasteiger partial charge in [-0.15, -0.1) is 0 Å². The van der Waals surface area contributed by atoms with Crippen molar-refractivity contribution in [1.82, 2.24) is 4.98 Å². The molecule has 0 radical (unpaired) electrons. The van der Waals surface area contributed by atoms with Gasteiger partial charge < -0.3 is 9.84 Å². The number of hydrogen-bond donors (Lipinski definition) is 1. The quantitative estimate of drug-likeness (QED) is 0.165. The highest BCUT2D eigenvalue weighted by Crippen LogP contribution is 2.44. The minimum absolute atomic E-state index is 0.0353. The molecule has 1 N–H and O–H groups in total. The Morgan fingerprint density at radius 1 is 0.946 bits per heavy atom. The maximum atomic E-state index is 13.5. The van der Waals surface area contributed by atoms with E-state index in [4.69, 9.17) is 9.72 Å². The van der Waals surface area contributed by atoms with Gasteiger partial charge in [-0.3, -0.25) is 14.5 Å². The molecule has 7 nitrogen and oxygen atoms in total. The van der Waals surface area contributed by atoms with Gasteiger partial charge in [0.1, 0.15) is 5.76 Å². The Labute approximate surface area is 217 Å². The summed E-state index contributed by atoms with van der Waals surface area (Å²) in [5.74, 6) is -2.34. The highest BCUT2D eigenvalue weighted by molar-refractivity contribution is 7.22. The summed E-state index contributed by atoms with van der Waals surface area (Å²) in [6.45, 7) is 5.86. The zero-order valence-corrected chi connectivity index (χ0v) is 21.6. The predicted octanol–water partition coefficient (Wildman–Crippen LogP) is 5.63. The molecule has 0 unspecified atom stereocenters. The zero-order valence-electron chi connectivity index (χ0n) is 20.7. The molecule has 1 atom stereocenters. The van der Waals surface area contributed by atoms with Crippen molar-refractivity contribution in [2.24, 2.45) is 0 Å². The van der Waals surface area contributed by atoms with Crippen molar-refractivity contribution in [3.63, 3.8) is 0 Å². The monoisotopic (exact) mass is 512 g/mol. The third kappa shape index (κ3) is 4.19. The summed E-state index contributed by atoms with van der Waals surface area (Å²) >= 11 is 1.31. The summed E-state index contributed by atoms with van der Waals surface area (Å²) in [6.07, 6.45) is 0. The lowest BCUT2D eigenvalue weighted by Gasteiger charge is -2.23. The molecule has 0 saturated carbocycles. The number of carbonyl (C=O) groups is 3. The molecule has 5 rings (SSSR count). The molecule has 0 aliphatic carbocycles. The zero-order chi connectivity index (χ0) is 26.4. The van der Waals surface area contributed by atoms with Crippen molar-refractivity contribution in [1.29, 1.82) is 0 Å². The first kappa shape index (κ1) is 24.4. The van der Waals surface area contributed by atoms with E-state index in [2.05, 4.69) is 0 Å². The molecule has 1 saturated heterocycles. The number of ketones is 1. The number of anilines is 1. The van der Waals surface area contributed by atoms with Crippen molar-refractivity contribution >= 4 is 50.1 Å². The van der Waals surface area contributed by atoms with E-state index >= 15 is 0 Å². The minimum Gasteiger partial charge on any atom is -0.507 e. The Morgan fingerprint density at radius 2 is 1.59 bits per heavy atom. The molecule has 0 bridgehead atoms. The van der Waals surface area contributed by atoms with E-state index in [9.17, 15) is 19.5 Å². The van der Waals surface area contributed by atoms with Crippen molar-refractivity contribution < 1.29 is 24.2 Å². The molecule has 3 aromatic carbocycles. The molecule has 37 heavy (non-hydrogen) atoms. The molecule has 1 aliphatic rings. The standard InChI is InChI=1S/C29H24N2O5S/c1-15-5-7-19(8-6-15)25(32)22-24(18-9-11-20(12-10-18)28(35)36-4)31(27(34)26(22)33)29-30-23-17(3)13-16(2)14-21(23)37-29/h5-14,24,32H,1-4H3/t24-/m0/s1. The van der Waals surface area contributed by atoms with E-state index < -0.39 is 23.7 Å². The maximum absolute atomic E-state index is 13.5. The Balaban J connectivity index is 1.72. The number of Topliss-reactive ketones (excluding diaryl/α,β-unsaturated/α-hetero) is 1. The number of carbonyl (C=O) groups excluding carboxylic acids is 3. The number of hydrogen-bond acceptors (Lipinski definition) is 7. The maximum Gasteiger partial charge on any atom is 0.337 e. The van der Waals surface area contributed by atoms with E-state index in [0.29, 0.717) is 21.8 Å². The number of thiazole rings is 1. The summed E-state index contributed by atoms with van der Waals surface area (Å²) in [6, 6.07) is 16.6. The third-order valence-corrected chi connectivity index (χ3v) is 7.44. The van der Waals surface area contributed by atoms with E-state index in [1.165, 1.54) is 23.3 Å². The third-order valence-electron chi connectivity index (χ3n) is 6.44. The number of rotatable bonds is 4. The fourth-order valence-electron chi connectivity index (χ4n) is 4.59. The van der Waals surface area contributed by atoms with Gasteiger partial charge in [0.25, 0.3) is 5.78 Å². The molecule has 4 aromatic rings. The van der Waals surface area contributed by atoms with Crippen LogP contribution < -0.4 is 4.90 Å². The summed E-state index contributed by atoms with van der Waals surface area (Å²) < 4.78 is 5.69. The highest BCUT2D eigenvalue weighted by atomic mass is 32.1. The second-order valence-electron chi connectivity index (χ2n) is 9.07. The van der Waals surface area contributed by atoms with Crippen LogP contribution in [0.5, 0.6) is 0 Å². The van der Waals surface area contributed by atoms with Crippen LogP contribution in [0.3, 0.4) is 0 Å². The van der Waals surface area contributed by atoms with Gasteiger partial charge >= 0.3 is 11.9 Å². The van der Waals surface area contributed by atoms with Crippen LogP contribution in [0.4, 0.5) is 5.13 Å². The Hall–Kier alpha value is -4.30. The summed E-state index contributed by atoms with van der Waals surface area (Å²) in [5.41, 5.74) is 5.05. The molecular formula is C29H24N2O5S. The second-order valence-corrected chi connectivity index (χ2v) is 10.1. The molecule has 1 aliphatic heterocycles. The first-order valence-corrected chi connectivity index (χ1v) is 12.5. The summed E-state index contributed by atoms with van der Waals surface area (Å²) in [7, 11) is 1.30. The molecule has 8 heteroatoms. The van der Waals surface area contributed by atoms with Crippen LogP contribution in [0.1, 0.15) is 44.2 Å². The van der Waals surface area contributed by atoms with Gasteiger partial charge in [-0.2, -0.15) is 0 Å². The molecule has 186 valence electrons. The molecule has 0 spiro atoms. The van der Waals surface area contributed by atoms with Gasteiger partial charge in [0.15, 0.2) is 5.13 Å². The van der Waals surface area contributed by atoms with Gasteiger partial charge in [0.2, 0.25) is 0 Å². The molecular weight excluding hydrogens is 488 g/mol. The van der Waals surface area contributed by atoms with Gasteiger partial charge in [0, 0.05) is 5.56 Å². The van der Waals surface area contributed by atoms with Crippen LogP contribution in [0.15, 0.2) is 66.2 Å². The number of aliphatic hydroxyl groups is 1. The molecule has 1 amide bonds.